The van der Waals surface area contributed by atoms with E-state index in [1.54, 1.807) is 17.9 Å². The third kappa shape index (κ3) is 6.07. The van der Waals surface area contributed by atoms with Crippen molar-refractivity contribution < 1.29 is 27.1 Å². The number of carbonyl (C=O) groups excluding carboxylic acids is 1. The van der Waals surface area contributed by atoms with Crippen molar-refractivity contribution in [1.82, 2.24) is 19.5 Å². The van der Waals surface area contributed by atoms with Gasteiger partial charge in [0.1, 0.15) is 5.69 Å². The van der Waals surface area contributed by atoms with E-state index in [9.17, 15) is 13.2 Å². The average molecular weight is 560 g/mol. The first kappa shape index (κ1) is 27.5. The summed E-state index contributed by atoms with van der Waals surface area (Å²) in [6, 6.07) is 11.0. The van der Waals surface area contributed by atoms with Crippen molar-refractivity contribution >= 4 is 32.7 Å². The molecule has 1 saturated heterocycles. The van der Waals surface area contributed by atoms with Gasteiger partial charge in [0.15, 0.2) is 11.3 Å². The van der Waals surface area contributed by atoms with Gasteiger partial charge in [0.25, 0.3) is 5.91 Å². The number of nitrogens with zero attached hydrogens (tertiary/aromatic N) is 4. The number of methoxy groups -OCH3 is 1. The monoisotopic (exact) mass is 559 g/mol. The molecule has 2 fully saturated rings. The number of aromatic nitrogens is 3. The number of hydrogen-bond donors (Lipinski definition) is 1. The van der Waals surface area contributed by atoms with Gasteiger partial charge in [-0.1, -0.05) is 24.6 Å². The number of anilines is 1. The fraction of sp³-hybridized carbons (Fsp3) is 0.519. The molecule has 3 heterocycles. The van der Waals surface area contributed by atoms with E-state index in [1.807, 2.05) is 40.0 Å². The zero-order valence-corrected chi connectivity index (χ0v) is 23.0. The Bertz CT molecular complexity index is 1440. The first-order chi connectivity index (χ1) is 18.7. The first-order valence-corrected chi connectivity index (χ1v) is 15.1. The lowest BCUT2D eigenvalue weighted by atomic mass is 9.81. The topological polar surface area (TPSA) is 116 Å². The van der Waals surface area contributed by atoms with E-state index in [1.165, 1.54) is 0 Å². The van der Waals surface area contributed by atoms with Crippen LogP contribution in [0.3, 0.4) is 0 Å². The largest absolute Gasteiger partial charge is 0.382 e. The third-order valence-electron chi connectivity index (χ3n) is 7.31. The van der Waals surface area contributed by atoms with Crippen LogP contribution in [0.15, 0.2) is 36.4 Å². The Hall–Kier alpha value is -3.09. The van der Waals surface area contributed by atoms with Crippen LogP contribution in [0.1, 0.15) is 54.2 Å². The minimum absolute atomic E-state index is 0.0624. The molecule has 0 bridgehead atoms. The molecule has 1 atom stereocenters. The maximum Gasteiger partial charge on any atom is 0.283 e. The van der Waals surface area contributed by atoms with Crippen LogP contribution < -0.4 is 9.62 Å². The lowest BCUT2D eigenvalue weighted by Crippen LogP contribution is -2.48. The molecule has 2 aromatic heterocycles. The molecule has 0 spiro atoms. The van der Waals surface area contributed by atoms with Crippen molar-refractivity contribution in [3.05, 3.63) is 47.8 Å². The molecule has 2 aliphatic rings. The van der Waals surface area contributed by atoms with Crippen molar-refractivity contribution in [2.45, 2.75) is 43.7 Å². The van der Waals surface area contributed by atoms with Crippen molar-refractivity contribution in [2.75, 3.05) is 51.2 Å². The number of sulfonamides is 1. The summed E-state index contributed by atoms with van der Waals surface area (Å²) in [6.45, 7) is 1.24. The Kier molecular flexibility index (Phi) is 7.88. The Morgan fingerprint density at radius 3 is 2.64 bits per heavy atom. The van der Waals surface area contributed by atoms with Crippen LogP contribution in [0, 0.1) is 0 Å². The summed E-state index contributed by atoms with van der Waals surface area (Å²) in [5.74, 6) is -0.621. The highest BCUT2D eigenvalue weighted by atomic mass is 32.2. The summed E-state index contributed by atoms with van der Waals surface area (Å²) >= 11 is 0. The summed E-state index contributed by atoms with van der Waals surface area (Å²) in [5.41, 5.74) is 1.02. The second kappa shape index (κ2) is 11.2. The molecule has 12 heteroatoms. The summed E-state index contributed by atoms with van der Waals surface area (Å²) in [7, 11) is -2.26. The van der Waals surface area contributed by atoms with Crippen LogP contribution in [-0.2, 0) is 19.5 Å². The fourth-order valence-corrected chi connectivity index (χ4v) is 5.67. The Balaban J connectivity index is 1.64. The van der Waals surface area contributed by atoms with Gasteiger partial charge in [0, 0.05) is 19.6 Å². The summed E-state index contributed by atoms with van der Waals surface area (Å²) in [4.78, 5) is 19.6. The molecular formula is C27H34FN5O5S. The van der Waals surface area contributed by atoms with Crippen LogP contribution in [0.5, 0.6) is 0 Å². The summed E-state index contributed by atoms with van der Waals surface area (Å²) < 4.78 is 54.0. The van der Waals surface area contributed by atoms with E-state index in [0.29, 0.717) is 43.9 Å². The first-order valence-electron chi connectivity index (χ1n) is 13.2. The van der Waals surface area contributed by atoms with E-state index in [4.69, 9.17) is 14.6 Å². The number of halogens is 1. The molecule has 1 aliphatic heterocycles. The molecule has 210 valence electrons. The van der Waals surface area contributed by atoms with Gasteiger partial charge in [-0.3, -0.25) is 4.79 Å². The van der Waals surface area contributed by atoms with Gasteiger partial charge in [-0.05, 0) is 43.9 Å². The Morgan fingerprint density at radius 2 is 1.97 bits per heavy atom. The second-order valence-electron chi connectivity index (χ2n) is 10.4. The minimum atomic E-state index is -3.82. The van der Waals surface area contributed by atoms with Crippen LogP contribution in [-0.4, -0.2) is 81.0 Å². The normalized spacial score (nSPS) is 20.2. The maximum absolute atomic E-state index is 16.0. The van der Waals surface area contributed by atoms with Crippen molar-refractivity contribution in [1.29, 1.82) is 0 Å². The molecule has 1 amide bonds. The molecule has 0 radical (unpaired) electrons. The average Bonchev–Trinajstić information content (AvgIpc) is 3.24. The van der Waals surface area contributed by atoms with E-state index in [2.05, 4.69) is 4.98 Å². The van der Waals surface area contributed by atoms with E-state index < -0.39 is 21.6 Å². The molecule has 1 aliphatic carbocycles. The van der Waals surface area contributed by atoms with E-state index >= 15 is 4.39 Å². The zero-order chi connectivity index (χ0) is 27.6. The quantitative estimate of drug-likeness (QED) is 0.376. The number of amides is 1. The lowest BCUT2D eigenvalue weighted by molar-refractivity contribution is -0.0109. The molecule has 1 saturated carbocycles. The number of fused-ring (bicyclic) bond motifs is 1. The molecule has 10 nitrogen and oxygen atoms in total. The molecule has 1 aromatic carbocycles. The van der Waals surface area contributed by atoms with Crippen LogP contribution in [0.2, 0.25) is 0 Å². The number of benzene rings is 1. The SMILES string of the molecule is COCCOCC1(F)CCCN(c2cc(C(=O)NS(C)(=O)=O)nc3c2c(C2CCC2)nn3-c2ccccc2)C1. The Morgan fingerprint density at radius 1 is 1.21 bits per heavy atom. The van der Waals surface area contributed by atoms with Gasteiger partial charge in [-0.15, -0.1) is 0 Å². The number of para-hydroxylation sites is 1. The van der Waals surface area contributed by atoms with Crippen molar-refractivity contribution in [3.8, 4) is 5.69 Å². The van der Waals surface area contributed by atoms with E-state index in [-0.39, 0.29) is 24.8 Å². The minimum Gasteiger partial charge on any atom is -0.382 e. The van der Waals surface area contributed by atoms with Crippen LogP contribution >= 0.6 is 0 Å². The standard InChI is InChI=1S/C27H34FN5O5S/c1-37-14-15-38-18-27(28)12-7-13-32(17-27)22-16-21(26(34)31-39(2,35)36)29-25-23(22)24(19-8-6-9-19)30-33(25)20-10-4-3-5-11-20/h3-5,10-11,16,19H,6-9,12-15,17-18H2,1-2H3,(H,31,34). The Labute approximate surface area is 227 Å². The molecule has 39 heavy (non-hydrogen) atoms. The van der Waals surface area contributed by atoms with Gasteiger partial charge in [-0.25, -0.2) is 27.2 Å². The zero-order valence-electron chi connectivity index (χ0n) is 22.2. The van der Waals surface area contributed by atoms with Gasteiger partial charge in [0.05, 0.1) is 55.1 Å². The smallest absolute Gasteiger partial charge is 0.283 e. The number of alkyl halides is 1. The molecular weight excluding hydrogens is 525 g/mol. The highest BCUT2D eigenvalue weighted by Crippen LogP contribution is 2.43. The van der Waals surface area contributed by atoms with Crippen LogP contribution in [0.4, 0.5) is 10.1 Å². The number of ether oxygens (including phenoxy) is 2. The van der Waals surface area contributed by atoms with Crippen molar-refractivity contribution in [2.24, 2.45) is 0 Å². The number of rotatable bonds is 10. The predicted molar refractivity (Wildman–Crippen MR) is 146 cm³/mol. The lowest BCUT2D eigenvalue weighted by Gasteiger charge is -2.39. The van der Waals surface area contributed by atoms with Gasteiger partial charge < -0.3 is 14.4 Å². The van der Waals surface area contributed by atoms with Gasteiger partial charge in [-0.2, -0.15) is 5.10 Å². The van der Waals surface area contributed by atoms with Crippen LogP contribution in [0.25, 0.3) is 16.7 Å². The third-order valence-corrected chi connectivity index (χ3v) is 7.86. The molecule has 3 aromatic rings. The van der Waals surface area contributed by atoms with Gasteiger partial charge >= 0.3 is 0 Å². The number of nitrogens with one attached hydrogen (secondary N) is 1. The summed E-state index contributed by atoms with van der Waals surface area (Å²) in [5, 5.41) is 5.73. The molecule has 5 rings (SSSR count). The molecule has 1 unspecified atom stereocenters. The molecule has 1 N–H and O–H groups in total. The summed E-state index contributed by atoms with van der Waals surface area (Å²) in [6.07, 6.45) is 4.92. The highest BCUT2D eigenvalue weighted by molar-refractivity contribution is 7.89. The number of hydrogen-bond acceptors (Lipinski definition) is 8. The van der Waals surface area contributed by atoms with E-state index in [0.717, 1.165) is 42.3 Å². The number of carbonyl (C=O) groups is 1. The second-order valence-corrected chi connectivity index (χ2v) is 12.2. The predicted octanol–water partition coefficient (Wildman–Crippen LogP) is 3.35. The van der Waals surface area contributed by atoms with Crippen molar-refractivity contribution in [3.63, 3.8) is 0 Å². The fourth-order valence-electron chi connectivity index (χ4n) is 5.23. The number of pyridine rings is 1. The number of piperidine rings is 1. The maximum atomic E-state index is 16.0. The highest BCUT2D eigenvalue weighted by Gasteiger charge is 2.38. The van der Waals surface area contributed by atoms with Gasteiger partial charge in [0.2, 0.25) is 10.0 Å².